The van der Waals surface area contributed by atoms with Crippen LogP contribution in [-0.4, -0.2) is 47.5 Å². The number of carbonyl (C=O) groups is 3. The lowest BCUT2D eigenvalue weighted by Crippen LogP contribution is -2.45. The van der Waals surface area contributed by atoms with Gasteiger partial charge >= 0.3 is 11.9 Å². The van der Waals surface area contributed by atoms with E-state index in [1.54, 1.807) is 20.8 Å². The second-order valence-electron chi connectivity index (χ2n) is 7.73. The zero-order valence-corrected chi connectivity index (χ0v) is 16.0. The molecule has 26 heavy (non-hydrogen) atoms. The number of hydrogen-bond acceptors (Lipinski definition) is 5. The highest BCUT2D eigenvalue weighted by atomic mass is 16.6. The van der Waals surface area contributed by atoms with Gasteiger partial charge < -0.3 is 14.4 Å². The summed E-state index contributed by atoms with van der Waals surface area (Å²) in [6.07, 6.45) is 9.32. The van der Waals surface area contributed by atoms with Gasteiger partial charge in [-0.15, -0.1) is 0 Å². The summed E-state index contributed by atoms with van der Waals surface area (Å²) in [6.45, 7) is 6.16. The molecule has 0 radical (unpaired) electrons. The first-order chi connectivity index (χ1) is 12.3. The molecule has 0 aromatic heterocycles. The second-order valence-corrected chi connectivity index (χ2v) is 7.73. The fourth-order valence-corrected chi connectivity index (χ4v) is 3.04. The Bertz CT molecular complexity index is 600. The molecule has 0 aromatic carbocycles. The van der Waals surface area contributed by atoms with Crippen molar-refractivity contribution in [2.45, 2.75) is 70.9 Å². The Morgan fingerprint density at radius 1 is 1.27 bits per heavy atom. The number of rotatable bonds is 7. The summed E-state index contributed by atoms with van der Waals surface area (Å²) in [5.41, 5.74) is 0.443. The molecule has 1 atom stereocenters. The van der Waals surface area contributed by atoms with Gasteiger partial charge in [-0.05, 0) is 52.0 Å². The van der Waals surface area contributed by atoms with Crippen LogP contribution in [0, 0.1) is 0 Å². The average Bonchev–Trinajstić information content (AvgIpc) is 2.98. The highest BCUT2D eigenvalue weighted by molar-refractivity contribution is 5.86. The number of likely N-dealkylation sites (tertiary alicyclic amines) is 1. The Kier molecular flexibility index (Phi) is 7.00. The summed E-state index contributed by atoms with van der Waals surface area (Å²) >= 11 is 0. The van der Waals surface area contributed by atoms with Gasteiger partial charge in [0, 0.05) is 19.4 Å². The third kappa shape index (κ3) is 6.32. The molecule has 2 aliphatic rings. The minimum atomic E-state index is -0.728. The summed E-state index contributed by atoms with van der Waals surface area (Å²) in [6, 6.07) is -0.728. The lowest BCUT2D eigenvalue weighted by molar-refractivity contribution is -0.164. The van der Waals surface area contributed by atoms with Crippen molar-refractivity contribution in [2.75, 3.05) is 13.2 Å². The maximum Gasteiger partial charge on any atom is 0.329 e. The van der Waals surface area contributed by atoms with Crippen molar-refractivity contribution in [1.29, 1.82) is 0 Å². The molecule has 1 aliphatic heterocycles. The van der Waals surface area contributed by atoms with Gasteiger partial charge in [0.2, 0.25) is 5.91 Å². The van der Waals surface area contributed by atoms with E-state index in [1.807, 2.05) is 12.2 Å². The Morgan fingerprint density at radius 2 is 2.04 bits per heavy atom. The highest BCUT2D eigenvalue weighted by Crippen LogP contribution is 2.21. The standard InChI is InChI=1S/C20H29NO5/c1-20(2,3)26-19(24)16(21-13-7-10-17(21)22)11-12-18(23)25-14-15-8-5-4-6-9-15/h4-5,8,16H,6-7,9-14H2,1-3H3/t16-/m1/s1. The van der Waals surface area contributed by atoms with Gasteiger partial charge in [0.25, 0.3) is 0 Å². The predicted molar refractivity (Wildman–Crippen MR) is 97.2 cm³/mol. The van der Waals surface area contributed by atoms with Crippen LogP contribution in [0.3, 0.4) is 0 Å². The first-order valence-electron chi connectivity index (χ1n) is 9.29. The molecule has 0 spiro atoms. The van der Waals surface area contributed by atoms with Crippen molar-refractivity contribution >= 4 is 17.8 Å². The third-order valence-corrected chi connectivity index (χ3v) is 4.31. The van der Waals surface area contributed by atoms with Crippen LogP contribution in [0.5, 0.6) is 0 Å². The molecule has 0 bridgehead atoms. The first-order valence-corrected chi connectivity index (χ1v) is 9.29. The van der Waals surface area contributed by atoms with Crippen LogP contribution in [0.4, 0.5) is 0 Å². The van der Waals surface area contributed by atoms with Gasteiger partial charge in [-0.25, -0.2) is 4.79 Å². The van der Waals surface area contributed by atoms with Crippen LogP contribution in [0.1, 0.15) is 59.3 Å². The SMILES string of the molecule is CC(C)(C)OC(=O)[C@@H](CCC(=O)OCC1=CC=CCC1)N1CCCC1=O. The molecule has 1 aliphatic carbocycles. The summed E-state index contributed by atoms with van der Waals surface area (Å²) in [7, 11) is 0. The lowest BCUT2D eigenvalue weighted by atomic mass is 10.1. The zero-order chi connectivity index (χ0) is 19.2. The van der Waals surface area contributed by atoms with Crippen molar-refractivity contribution in [3.8, 4) is 0 Å². The molecule has 144 valence electrons. The lowest BCUT2D eigenvalue weighted by Gasteiger charge is -2.29. The molecular weight excluding hydrogens is 334 g/mol. The van der Waals surface area contributed by atoms with Crippen LogP contribution in [-0.2, 0) is 23.9 Å². The number of hydrogen-bond donors (Lipinski definition) is 0. The molecule has 2 rings (SSSR count). The molecular formula is C20H29NO5. The van der Waals surface area contributed by atoms with E-state index in [2.05, 4.69) is 6.08 Å². The summed E-state index contributed by atoms with van der Waals surface area (Å²) in [5.74, 6) is -0.880. The number of ether oxygens (including phenoxy) is 2. The van der Waals surface area contributed by atoms with Crippen LogP contribution in [0.15, 0.2) is 23.8 Å². The average molecular weight is 363 g/mol. The van der Waals surface area contributed by atoms with E-state index in [0.717, 1.165) is 24.8 Å². The molecule has 6 heteroatoms. The molecule has 0 aromatic rings. The van der Waals surface area contributed by atoms with Crippen LogP contribution in [0.2, 0.25) is 0 Å². The number of carbonyl (C=O) groups excluding carboxylic acids is 3. The maximum absolute atomic E-state index is 12.5. The van der Waals surface area contributed by atoms with E-state index in [4.69, 9.17) is 9.47 Å². The molecule has 1 fully saturated rings. The minimum Gasteiger partial charge on any atom is -0.461 e. The van der Waals surface area contributed by atoms with Gasteiger partial charge in [0.15, 0.2) is 0 Å². The molecule has 0 unspecified atom stereocenters. The van der Waals surface area contributed by atoms with E-state index in [1.165, 1.54) is 4.90 Å². The monoisotopic (exact) mass is 363 g/mol. The van der Waals surface area contributed by atoms with E-state index in [0.29, 0.717) is 13.0 Å². The fourth-order valence-electron chi connectivity index (χ4n) is 3.04. The van der Waals surface area contributed by atoms with Gasteiger partial charge in [-0.2, -0.15) is 0 Å². The molecule has 1 amide bonds. The second kappa shape index (κ2) is 9.01. The first kappa shape index (κ1) is 20.2. The number of allylic oxidation sites excluding steroid dienone is 3. The fraction of sp³-hybridized carbons (Fsp3) is 0.650. The summed E-state index contributed by atoms with van der Waals surface area (Å²) in [5, 5.41) is 0. The Morgan fingerprint density at radius 3 is 2.62 bits per heavy atom. The number of esters is 2. The van der Waals surface area contributed by atoms with Gasteiger partial charge in [0.1, 0.15) is 18.2 Å². The topological polar surface area (TPSA) is 72.9 Å². The van der Waals surface area contributed by atoms with Gasteiger partial charge in [-0.1, -0.05) is 18.2 Å². The molecule has 1 saturated heterocycles. The van der Waals surface area contributed by atoms with Crippen LogP contribution >= 0.6 is 0 Å². The van der Waals surface area contributed by atoms with Crippen LogP contribution in [0.25, 0.3) is 0 Å². The zero-order valence-electron chi connectivity index (χ0n) is 16.0. The quantitative estimate of drug-likeness (QED) is 0.650. The van der Waals surface area contributed by atoms with E-state index in [-0.39, 0.29) is 31.3 Å². The van der Waals surface area contributed by atoms with E-state index in [9.17, 15) is 14.4 Å². The van der Waals surface area contributed by atoms with E-state index >= 15 is 0 Å². The Labute approximate surface area is 155 Å². The maximum atomic E-state index is 12.5. The third-order valence-electron chi connectivity index (χ3n) is 4.31. The van der Waals surface area contributed by atoms with Crippen molar-refractivity contribution in [1.82, 2.24) is 4.90 Å². The van der Waals surface area contributed by atoms with Crippen molar-refractivity contribution in [3.05, 3.63) is 23.8 Å². The smallest absolute Gasteiger partial charge is 0.329 e. The predicted octanol–water partition coefficient (Wildman–Crippen LogP) is 2.92. The van der Waals surface area contributed by atoms with Crippen molar-refractivity contribution < 1.29 is 23.9 Å². The molecule has 0 saturated carbocycles. The van der Waals surface area contributed by atoms with Gasteiger partial charge in [0.05, 0.1) is 0 Å². The van der Waals surface area contributed by atoms with Crippen molar-refractivity contribution in [2.24, 2.45) is 0 Å². The highest BCUT2D eigenvalue weighted by Gasteiger charge is 2.35. The van der Waals surface area contributed by atoms with Crippen LogP contribution < -0.4 is 0 Å². The molecule has 0 N–H and O–H groups in total. The normalized spacial score (nSPS) is 18.5. The summed E-state index contributed by atoms with van der Waals surface area (Å²) in [4.78, 5) is 38.2. The Balaban J connectivity index is 1.90. The van der Waals surface area contributed by atoms with E-state index < -0.39 is 17.6 Å². The number of amides is 1. The molecule has 6 nitrogen and oxygen atoms in total. The Hall–Kier alpha value is -2.11. The van der Waals surface area contributed by atoms with Gasteiger partial charge in [-0.3, -0.25) is 9.59 Å². The minimum absolute atomic E-state index is 0.0617. The molecule has 1 heterocycles. The van der Waals surface area contributed by atoms with Crippen molar-refractivity contribution in [3.63, 3.8) is 0 Å². The summed E-state index contributed by atoms with van der Waals surface area (Å²) < 4.78 is 10.8. The largest absolute Gasteiger partial charge is 0.461 e. The number of nitrogens with zero attached hydrogens (tertiary/aromatic N) is 1.